The molecule has 0 spiro atoms. The molecule has 0 aliphatic carbocycles. The number of hydrogen-bond donors (Lipinski definition) is 1. The number of benzene rings is 1. The number of rotatable bonds is 1. The van der Waals surface area contributed by atoms with E-state index in [0.717, 1.165) is 16.5 Å². The third kappa shape index (κ3) is 1.69. The highest BCUT2D eigenvalue weighted by Crippen LogP contribution is 2.32. The molecule has 0 saturated heterocycles. The summed E-state index contributed by atoms with van der Waals surface area (Å²) in [5, 5.41) is 11.0. The molecule has 1 N–H and O–H groups in total. The molecule has 4 heteroatoms. The van der Waals surface area contributed by atoms with E-state index in [1.807, 2.05) is 30.3 Å². The van der Waals surface area contributed by atoms with Crippen LogP contribution in [0.25, 0.3) is 22.0 Å². The van der Waals surface area contributed by atoms with Gasteiger partial charge in [-0.15, -0.1) is 0 Å². The number of aromatic hydroxyl groups is 1. The molecule has 0 atom stereocenters. The lowest BCUT2D eigenvalue weighted by atomic mass is 10.0. The first-order valence-corrected chi connectivity index (χ1v) is 5.91. The van der Waals surface area contributed by atoms with Crippen molar-refractivity contribution in [3.05, 3.63) is 59.1 Å². The van der Waals surface area contributed by atoms with Gasteiger partial charge in [-0.05, 0) is 12.1 Å². The molecule has 3 rings (SSSR count). The summed E-state index contributed by atoms with van der Waals surface area (Å²) in [5.41, 5.74) is 1.64. The molecular formula is C15H12N2O2. The van der Waals surface area contributed by atoms with Gasteiger partial charge in [0.25, 0.3) is 5.56 Å². The summed E-state index contributed by atoms with van der Waals surface area (Å²) >= 11 is 0. The number of nitrogens with zero attached hydrogens (tertiary/aromatic N) is 2. The van der Waals surface area contributed by atoms with Gasteiger partial charge in [-0.2, -0.15) is 0 Å². The maximum Gasteiger partial charge on any atom is 0.293 e. The normalized spacial score (nSPS) is 10.8. The minimum atomic E-state index is -0.405. The molecule has 0 aliphatic heterocycles. The zero-order chi connectivity index (χ0) is 13.4. The summed E-state index contributed by atoms with van der Waals surface area (Å²) in [6.45, 7) is 0. The quantitative estimate of drug-likeness (QED) is 0.723. The topological polar surface area (TPSA) is 55.1 Å². The predicted octanol–water partition coefficient (Wildman–Crippen LogP) is 2.31. The number of aryl methyl sites for hydroxylation is 1. The fraction of sp³-hybridized carbons (Fsp3) is 0.0667. The molecule has 19 heavy (non-hydrogen) atoms. The van der Waals surface area contributed by atoms with E-state index in [0.29, 0.717) is 5.56 Å². The standard InChI is InChI=1S/C15H12N2O2/c1-17-12-7-3-2-6-11(12)13(14(18)15(17)19)10-5-4-8-16-9-10/h2-9,18H,1H3. The molecular weight excluding hydrogens is 240 g/mol. The molecule has 0 bridgehead atoms. The van der Waals surface area contributed by atoms with E-state index < -0.39 is 5.56 Å². The van der Waals surface area contributed by atoms with E-state index in [9.17, 15) is 9.90 Å². The van der Waals surface area contributed by atoms with Crippen LogP contribution in [0.15, 0.2) is 53.6 Å². The first-order chi connectivity index (χ1) is 9.20. The molecule has 0 aliphatic rings. The van der Waals surface area contributed by atoms with Crippen LogP contribution in [0.4, 0.5) is 0 Å². The highest BCUT2D eigenvalue weighted by molar-refractivity contribution is 5.97. The second-order valence-electron chi connectivity index (χ2n) is 4.35. The van der Waals surface area contributed by atoms with Crippen molar-refractivity contribution in [1.82, 2.24) is 9.55 Å². The molecule has 0 radical (unpaired) electrons. The second kappa shape index (κ2) is 4.24. The summed E-state index contributed by atoms with van der Waals surface area (Å²) in [6, 6.07) is 11.1. The van der Waals surface area contributed by atoms with Crippen molar-refractivity contribution < 1.29 is 5.11 Å². The zero-order valence-electron chi connectivity index (χ0n) is 10.4. The lowest BCUT2D eigenvalue weighted by Crippen LogP contribution is -2.17. The summed E-state index contributed by atoms with van der Waals surface area (Å²) in [5.74, 6) is -0.241. The van der Waals surface area contributed by atoms with Crippen LogP contribution in [0, 0.1) is 0 Å². The third-order valence-electron chi connectivity index (χ3n) is 3.23. The highest BCUT2D eigenvalue weighted by Gasteiger charge is 2.15. The monoisotopic (exact) mass is 252 g/mol. The zero-order valence-corrected chi connectivity index (χ0v) is 10.4. The van der Waals surface area contributed by atoms with E-state index in [-0.39, 0.29) is 5.75 Å². The lowest BCUT2D eigenvalue weighted by Gasteiger charge is -2.12. The molecule has 3 aromatic rings. The van der Waals surface area contributed by atoms with E-state index in [1.54, 1.807) is 25.5 Å². The number of pyridine rings is 2. The van der Waals surface area contributed by atoms with Crippen LogP contribution in [-0.4, -0.2) is 14.7 Å². The Hall–Kier alpha value is -2.62. The minimum Gasteiger partial charge on any atom is -0.503 e. The van der Waals surface area contributed by atoms with Crippen molar-refractivity contribution in [2.75, 3.05) is 0 Å². The highest BCUT2D eigenvalue weighted by atomic mass is 16.3. The van der Waals surface area contributed by atoms with Gasteiger partial charge in [-0.3, -0.25) is 9.78 Å². The van der Waals surface area contributed by atoms with Crippen molar-refractivity contribution in [3.63, 3.8) is 0 Å². The van der Waals surface area contributed by atoms with Gasteiger partial charge in [0, 0.05) is 36.0 Å². The maximum absolute atomic E-state index is 12.1. The Morgan fingerprint density at radius 1 is 1.16 bits per heavy atom. The third-order valence-corrected chi connectivity index (χ3v) is 3.23. The van der Waals surface area contributed by atoms with Crippen LogP contribution < -0.4 is 5.56 Å². The van der Waals surface area contributed by atoms with Gasteiger partial charge in [0.2, 0.25) is 0 Å². The fourth-order valence-corrected chi connectivity index (χ4v) is 2.28. The molecule has 0 fully saturated rings. The molecule has 0 saturated carbocycles. The van der Waals surface area contributed by atoms with Gasteiger partial charge in [0.1, 0.15) is 0 Å². The predicted molar refractivity (Wildman–Crippen MR) is 74.1 cm³/mol. The van der Waals surface area contributed by atoms with Crippen LogP contribution in [0.2, 0.25) is 0 Å². The summed E-state index contributed by atoms with van der Waals surface area (Å²) < 4.78 is 1.45. The van der Waals surface area contributed by atoms with Crippen molar-refractivity contribution in [2.24, 2.45) is 7.05 Å². The number of fused-ring (bicyclic) bond motifs is 1. The van der Waals surface area contributed by atoms with Crippen molar-refractivity contribution >= 4 is 10.9 Å². The second-order valence-corrected chi connectivity index (χ2v) is 4.35. The Balaban J connectivity index is 2.52. The first-order valence-electron chi connectivity index (χ1n) is 5.91. The van der Waals surface area contributed by atoms with Gasteiger partial charge in [-0.25, -0.2) is 0 Å². The van der Waals surface area contributed by atoms with Crippen molar-refractivity contribution in [2.45, 2.75) is 0 Å². The van der Waals surface area contributed by atoms with E-state index >= 15 is 0 Å². The van der Waals surface area contributed by atoms with E-state index in [4.69, 9.17) is 0 Å². The van der Waals surface area contributed by atoms with Crippen molar-refractivity contribution in [1.29, 1.82) is 0 Å². The molecule has 2 heterocycles. The molecule has 4 nitrogen and oxygen atoms in total. The number of hydrogen-bond acceptors (Lipinski definition) is 3. The Morgan fingerprint density at radius 2 is 1.95 bits per heavy atom. The van der Waals surface area contributed by atoms with E-state index in [2.05, 4.69) is 4.98 Å². The van der Waals surface area contributed by atoms with Gasteiger partial charge in [0.15, 0.2) is 5.75 Å². The number of aromatic nitrogens is 2. The molecule has 94 valence electrons. The van der Waals surface area contributed by atoms with Crippen LogP contribution in [0.3, 0.4) is 0 Å². The lowest BCUT2D eigenvalue weighted by molar-refractivity contribution is 0.465. The van der Waals surface area contributed by atoms with Crippen LogP contribution in [-0.2, 0) is 7.05 Å². The van der Waals surface area contributed by atoms with Crippen LogP contribution >= 0.6 is 0 Å². The van der Waals surface area contributed by atoms with Gasteiger partial charge >= 0.3 is 0 Å². The largest absolute Gasteiger partial charge is 0.503 e. The molecule has 0 unspecified atom stereocenters. The molecule has 0 amide bonds. The fourth-order valence-electron chi connectivity index (χ4n) is 2.28. The average Bonchev–Trinajstić information content (AvgIpc) is 2.46. The maximum atomic E-state index is 12.1. The van der Waals surface area contributed by atoms with Gasteiger partial charge in [-0.1, -0.05) is 24.3 Å². The summed E-state index contributed by atoms with van der Waals surface area (Å²) in [6.07, 6.45) is 3.30. The van der Waals surface area contributed by atoms with Crippen molar-refractivity contribution in [3.8, 4) is 16.9 Å². The summed E-state index contributed by atoms with van der Waals surface area (Å²) in [7, 11) is 1.65. The Morgan fingerprint density at radius 3 is 2.68 bits per heavy atom. The Labute approximate surface area is 109 Å². The number of para-hydroxylation sites is 1. The minimum absolute atomic E-state index is 0.241. The summed E-state index contributed by atoms with van der Waals surface area (Å²) in [4.78, 5) is 16.1. The van der Waals surface area contributed by atoms with E-state index in [1.165, 1.54) is 4.57 Å². The molecule has 1 aromatic carbocycles. The van der Waals surface area contributed by atoms with Crippen LogP contribution in [0.5, 0.6) is 5.75 Å². The Kier molecular flexibility index (Phi) is 2.56. The first kappa shape index (κ1) is 11.5. The Bertz CT molecular complexity index is 807. The van der Waals surface area contributed by atoms with Gasteiger partial charge < -0.3 is 9.67 Å². The SMILES string of the molecule is Cn1c(=O)c(O)c(-c2cccnc2)c2ccccc21. The van der Waals surface area contributed by atoms with Crippen LogP contribution in [0.1, 0.15) is 0 Å². The van der Waals surface area contributed by atoms with Gasteiger partial charge in [0.05, 0.1) is 5.52 Å². The average molecular weight is 252 g/mol. The molecule has 2 aromatic heterocycles. The smallest absolute Gasteiger partial charge is 0.293 e.